The Bertz CT molecular complexity index is 1380. The van der Waals surface area contributed by atoms with Gasteiger partial charge in [0.15, 0.2) is 11.6 Å². The normalized spacial score (nSPS) is 12.0. The number of likely N-dealkylation sites (N-methyl/N-ethyl adjacent to an activating group) is 1. The molecule has 0 aliphatic heterocycles. The first-order chi connectivity index (χ1) is 18.0. The Morgan fingerprint density at radius 2 is 1.61 bits per heavy atom. The number of benzene rings is 3. The molecule has 0 saturated heterocycles. The number of amides is 2. The summed E-state index contributed by atoms with van der Waals surface area (Å²) in [7, 11) is -4.08. The van der Waals surface area contributed by atoms with Crippen molar-refractivity contribution in [2.24, 2.45) is 0 Å². The number of hydrogen-bond donors (Lipinski definition) is 1. The van der Waals surface area contributed by atoms with Crippen molar-refractivity contribution in [3.63, 3.8) is 0 Å². The summed E-state index contributed by atoms with van der Waals surface area (Å²) in [5, 5.41) is 2.77. The van der Waals surface area contributed by atoms with Gasteiger partial charge in [-0.2, -0.15) is 0 Å². The van der Waals surface area contributed by atoms with Gasteiger partial charge in [-0.05, 0) is 42.7 Å². The Morgan fingerprint density at radius 3 is 2.21 bits per heavy atom. The lowest BCUT2D eigenvalue weighted by atomic mass is 10.0. The maximum absolute atomic E-state index is 14.0. The summed E-state index contributed by atoms with van der Waals surface area (Å²) >= 11 is 0. The Morgan fingerprint density at radius 1 is 0.947 bits per heavy atom. The Balaban J connectivity index is 2.06. The molecule has 0 spiro atoms. The third-order valence-electron chi connectivity index (χ3n) is 6.09. The second-order valence-corrected chi connectivity index (χ2v) is 10.8. The van der Waals surface area contributed by atoms with Gasteiger partial charge in [-0.15, -0.1) is 0 Å². The van der Waals surface area contributed by atoms with Crippen molar-refractivity contribution >= 4 is 27.5 Å². The van der Waals surface area contributed by atoms with Gasteiger partial charge in [0.25, 0.3) is 0 Å². The number of halogens is 2. The van der Waals surface area contributed by atoms with Crippen molar-refractivity contribution < 1.29 is 26.8 Å². The number of carbonyl (C=O) groups is 2. The average molecular weight is 544 g/mol. The molecule has 1 atom stereocenters. The molecule has 202 valence electrons. The summed E-state index contributed by atoms with van der Waals surface area (Å²) in [6, 6.07) is 18.2. The predicted molar refractivity (Wildman–Crippen MR) is 143 cm³/mol. The molecule has 7 nitrogen and oxygen atoms in total. The van der Waals surface area contributed by atoms with Crippen LogP contribution < -0.4 is 9.62 Å². The van der Waals surface area contributed by atoms with Crippen LogP contribution in [-0.2, 0) is 32.6 Å². The lowest BCUT2D eigenvalue weighted by molar-refractivity contribution is -0.140. The highest BCUT2D eigenvalue weighted by Crippen LogP contribution is 2.23. The molecule has 0 aliphatic carbocycles. The van der Waals surface area contributed by atoms with E-state index in [1.54, 1.807) is 6.92 Å². The molecule has 38 heavy (non-hydrogen) atoms. The van der Waals surface area contributed by atoms with Crippen LogP contribution in [0.1, 0.15) is 23.6 Å². The van der Waals surface area contributed by atoms with Crippen LogP contribution in [0.4, 0.5) is 14.5 Å². The van der Waals surface area contributed by atoms with Crippen molar-refractivity contribution in [3.8, 4) is 0 Å². The molecule has 3 rings (SSSR count). The smallest absolute Gasteiger partial charge is 0.244 e. The number of anilines is 1. The number of nitrogens with one attached hydrogen (secondary N) is 1. The molecular weight excluding hydrogens is 512 g/mol. The topological polar surface area (TPSA) is 86.8 Å². The fraction of sp³-hybridized carbons (Fsp3) is 0.286. The maximum Gasteiger partial charge on any atom is 0.244 e. The van der Waals surface area contributed by atoms with Gasteiger partial charge >= 0.3 is 0 Å². The lowest BCUT2D eigenvalue weighted by Gasteiger charge is -2.33. The Labute approximate surface area is 222 Å². The van der Waals surface area contributed by atoms with Gasteiger partial charge < -0.3 is 10.2 Å². The molecule has 3 aromatic rings. The van der Waals surface area contributed by atoms with Gasteiger partial charge in [0.1, 0.15) is 12.6 Å². The molecule has 1 N–H and O–H groups in total. The van der Waals surface area contributed by atoms with E-state index in [2.05, 4.69) is 5.32 Å². The van der Waals surface area contributed by atoms with Crippen LogP contribution in [0.5, 0.6) is 0 Å². The van der Waals surface area contributed by atoms with E-state index in [1.165, 1.54) is 4.90 Å². The molecule has 0 unspecified atom stereocenters. The zero-order chi connectivity index (χ0) is 27.9. The van der Waals surface area contributed by atoms with E-state index in [4.69, 9.17) is 0 Å². The first kappa shape index (κ1) is 28.8. The quantitative estimate of drug-likeness (QED) is 0.399. The number of hydrogen-bond acceptors (Lipinski definition) is 4. The summed E-state index contributed by atoms with van der Waals surface area (Å²) in [6.07, 6.45) is 1.06. The fourth-order valence-corrected chi connectivity index (χ4v) is 4.91. The van der Waals surface area contributed by atoms with E-state index in [0.29, 0.717) is 10.8 Å². The molecule has 0 aliphatic rings. The SMILES string of the molecule is CCNC(=O)[C@@H](Cc1ccccc1)N(Cc1ccccc1C)C(=O)CN(c1ccc(F)c(F)c1)S(C)(=O)=O. The highest BCUT2D eigenvalue weighted by Gasteiger charge is 2.33. The standard InChI is InChI=1S/C28H31F2N3O4S/c1-4-31-28(35)26(16-21-11-6-5-7-12-21)32(18-22-13-9-8-10-20(22)2)27(34)19-33(38(3,36)37)23-14-15-24(29)25(30)17-23/h5-15,17,26H,4,16,18-19H2,1-3H3,(H,31,35)/t26-/m1/s1. The number of sulfonamides is 1. The monoisotopic (exact) mass is 543 g/mol. The van der Waals surface area contributed by atoms with Crippen molar-refractivity contribution in [2.75, 3.05) is 23.7 Å². The molecule has 3 aromatic carbocycles. The average Bonchev–Trinajstić information content (AvgIpc) is 2.87. The van der Waals surface area contributed by atoms with E-state index in [-0.39, 0.29) is 18.7 Å². The number of rotatable bonds is 11. The highest BCUT2D eigenvalue weighted by atomic mass is 32.2. The molecule has 10 heteroatoms. The fourth-order valence-electron chi connectivity index (χ4n) is 4.07. The lowest BCUT2D eigenvalue weighted by Crippen LogP contribution is -2.53. The van der Waals surface area contributed by atoms with Gasteiger partial charge in [-0.25, -0.2) is 17.2 Å². The zero-order valence-corrected chi connectivity index (χ0v) is 22.3. The summed E-state index contributed by atoms with van der Waals surface area (Å²) < 4.78 is 53.5. The summed E-state index contributed by atoms with van der Waals surface area (Å²) in [6.45, 7) is 3.30. The summed E-state index contributed by atoms with van der Waals surface area (Å²) in [5.74, 6) is -3.45. The second-order valence-electron chi connectivity index (χ2n) is 8.92. The minimum absolute atomic E-state index is 0.0372. The van der Waals surface area contributed by atoms with Crippen molar-refractivity contribution in [3.05, 3.63) is 101 Å². The van der Waals surface area contributed by atoms with E-state index >= 15 is 0 Å². The van der Waals surface area contributed by atoms with Gasteiger partial charge in [0.05, 0.1) is 11.9 Å². The van der Waals surface area contributed by atoms with Gasteiger partial charge in [0.2, 0.25) is 21.8 Å². The van der Waals surface area contributed by atoms with Crippen LogP contribution in [0.25, 0.3) is 0 Å². The number of nitrogens with zero attached hydrogens (tertiary/aromatic N) is 2. The molecule has 0 saturated carbocycles. The molecular formula is C28H31F2N3O4S. The predicted octanol–water partition coefficient (Wildman–Crippen LogP) is 3.82. The summed E-state index contributed by atoms with van der Waals surface area (Å²) in [5.41, 5.74) is 2.28. The molecule has 0 aromatic heterocycles. The molecule has 0 heterocycles. The van der Waals surface area contributed by atoms with Crippen LogP contribution in [-0.4, -0.2) is 50.5 Å². The van der Waals surface area contributed by atoms with Gasteiger partial charge in [0, 0.05) is 25.6 Å². The van der Waals surface area contributed by atoms with Crippen LogP contribution in [0.2, 0.25) is 0 Å². The van der Waals surface area contributed by atoms with Crippen LogP contribution in [0, 0.1) is 18.6 Å². The van der Waals surface area contributed by atoms with Crippen LogP contribution in [0.15, 0.2) is 72.8 Å². The van der Waals surface area contributed by atoms with E-state index < -0.39 is 46.1 Å². The van der Waals surface area contributed by atoms with Gasteiger partial charge in [-0.3, -0.25) is 13.9 Å². The number of aryl methyl sites for hydroxylation is 1. The molecule has 2 amide bonds. The third-order valence-corrected chi connectivity index (χ3v) is 7.23. The molecule has 0 bridgehead atoms. The van der Waals surface area contributed by atoms with Crippen LogP contribution >= 0.6 is 0 Å². The van der Waals surface area contributed by atoms with E-state index in [0.717, 1.165) is 41.1 Å². The minimum atomic E-state index is -4.08. The van der Waals surface area contributed by atoms with Crippen molar-refractivity contribution in [1.82, 2.24) is 10.2 Å². The minimum Gasteiger partial charge on any atom is -0.355 e. The summed E-state index contributed by atoms with van der Waals surface area (Å²) in [4.78, 5) is 28.5. The van der Waals surface area contributed by atoms with Crippen molar-refractivity contribution in [1.29, 1.82) is 0 Å². The first-order valence-electron chi connectivity index (χ1n) is 12.1. The van der Waals surface area contributed by atoms with Crippen molar-refractivity contribution in [2.45, 2.75) is 32.9 Å². The third kappa shape index (κ3) is 7.38. The van der Waals surface area contributed by atoms with E-state index in [1.807, 2.05) is 61.5 Å². The van der Waals surface area contributed by atoms with Crippen LogP contribution in [0.3, 0.4) is 0 Å². The van der Waals surface area contributed by atoms with Gasteiger partial charge in [-0.1, -0.05) is 54.6 Å². The number of carbonyl (C=O) groups excluding carboxylic acids is 2. The first-order valence-corrected chi connectivity index (χ1v) is 13.9. The Kier molecular flexibility index (Phi) is 9.57. The highest BCUT2D eigenvalue weighted by molar-refractivity contribution is 7.92. The largest absolute Gasteiger partial charge is 0.355 e. The molecule has 0 radical (unpaired) electrons. The zero-order valence-electron chi connectivity index (χ0n) is 21.5. The molecule has 0 fully saturated rings. The second kappa shape index (κ2) is 12.6. The van der Waals surface area contributed by atoms with E-state index in [9.17, 15) is 26.8 Å². The Hall–Kier alpha value is -3.79. The maximum atomic E-state index is 14.0.